The van der Waals surface area contributed by atoms with Crippen LogP contribution in [-0.2, 0) is 9.59 Å². The predicted octanol–water partition coefficient (Wildman–Crippen LogP) is 3.62. The predicted molar refractivity (Wildman–Crippen MR) is 129 cm³/mol. The van der Waals surface area contributed by atoms with Gasteiger partial charge in [-0.05, 0) is 61.4 Å². The number of anilines is 2. The van der Waals surface area contributed by atoms with E-state index in [2.05, 4.69) is 10.6 Å². The van der Waals surface area contributed by atoms with Crippen molar-refractivity contribution in [1.82, 2.24) is 5.32 Å². The Hall–Kier alpha value is -3.19. The molecule has 3 unspecified atom stereocenters. The van der Waals surface area contributed by atoms with Gasteiger partial charge in [0.05, 0.1) is 23.8 Å². The van der Waals surface area contributed by atoms with Crippen molar-refractivity contribution < 1.29 is 14.4 Å². The van der Waals surface area contributed by atoms with Crippen LogP contribution < -0.4 is 21.3 Å². The molecule has 33 heavy (non-hydrogen) atoms. The van der Waals surface area contributed by atoms with Crippen LogP contribution in [0.3, 0.4) is 0 Å². The molecule has 0 saturated heterocycles. The number of nitrogens with one attached hydrogen (secondary N) is 2. The molecule has 2 aromatic rings. The lowest BCUT2D eigenvalue weighted by Crippen LogP contribution is -2.34. The first-order valence-corrected chi connectivity index (χ1v) is 11.7. The number of carbonyl (C=O) groups is 3. The molecule has 7 nitrogen and oxygen atoms in total. The maximum atomic E-state index is 12.9. The summed E-state index contributed by atoms with van der Waals surface area (Å²) in [5.41, 5.74) is 8.25. The fourth-order valence-electron chi connectivity index (χ4n) is 5.10. The number of fused-ring (bicyclic) bond motifs is 1. The number of amides is 3. The molecule has 174 valence electrons. The Labute approximate surface area is 194 Å². The summed E-state index contributed by atoms with van der Waals surface area (Å²) in [6.07, 6.45) is 4.61. The van der Waals surface area contributed by atoms with Crippen LogP contribution in [0.25, 0.3) is 0 Å². The molecule has 0 aromatic heterocycles. The minimum Gasteiger partial charge on any atom is -0.352 e. The highest BCUT2D eigenvalue weighted by Crippen LogP contribution is 2.38. The Morgan fingerprint density at radius 1 is 1.12 bits per heavy atom. The fraction of sp³-hybridized carbons (Fsp3) is 0.423. The van der Waals surface area contributed by atoms with Crippen LogP contribution in [0.2, 0.25) is 0 Å². The third-order valence-electron chi connectivity index (χ3n) is 6.78. The maximum Gasteiger partial charge on any atom is 0.251 e. The topological polar surface area (TPSA) is 105 Å². The fourth-order valence-corrected chi connectivity index (χ4v) is 5.10. The minimum absolute atomic E-state index is 0.143. The van der Waals surface area contributed by atoms with E-state index in [-0.39, 0.29) is 24.1 Å². The molecule has 2 aromatic carbocycles. The summed E-state index contributed by atoms with van der Waals surface area (Å²) in [6.45, 7) is 2.81. The molecule has 2 aliphatic rings. The van der Waals surface area contributed by atoms with Crippen LogP contribution in [0.4, 0.5) is 11.4 Å². The second-order valence-electron chi connectivity index (χ2n) is 9.14. The molecular weight excluding hydrogens is 416 g/mol. The van der Waals surface area contributed by atoms with Gasteiger partial charge in [0.15, 0.2) is 0 Å². The van der Waals surface area contributed by atoms with Crippen LogP contribution in [0.5, 0.6) is 0 Å². The second-order valence-corrected chi connectivity index (χ2v) is 9.14. The lowest BCUT2D eigenvalue weighted by molar-refractivity contribution is -0.118. The second kappa shape index (κ2) is 10.2. The van der Waals surface area contributed by atoms with E-state index >= 15 is 0 Å². The van der Waals surface area contributed by atoms with E-state index in [1.807, 2.05) is 30.3 Å². The van der Waals surface area contributed by atoms with Gasteiger partial charge < -0.3 is 21.3 Å². The van der Waals surface area contributed by atoms with Crippen LogP contribution >= 0.6 is 0 Å². The zero-order chi connectivity index (χ0) is 23.4. The summed E-state index contributed by atoms with van der Waals surface area (Å²) < 4.78 is 0. The van der Waals surface area contributed by atoms with E-state index in [9.17, 15) is 14.4 Å². The van der Waals surface area contributed by atoms with E-state index in [0.717, 1.165) is 24.8 Å². The van der Waals surface area contributed by atoms with E-state index in [1.54, 1.807) is 23.1 Å². The number of carbonyl (C=O) groups excluding carboxylic acids is 3. The van der Waals surface area contributed by atoms with Crippen molar-refractivity contribution in [3.05, 3.63) is 59.7 Å². The van der Waals surface area contributed by atoms with Gasteiger partial charge in [-0.25, -0.2) is 0 Å². The van der Waals surface area contributed by atoms with Crippen molar-refractivity contribution in [3.63, 3.8) is 0 Å². The Morgan fingerprint density at radius 3 is 2.61 bits per heavy atom. The molecule has 3 atom stereocenters. The molecule has 4 rings (SSSR count). The van der Waals surface area contributed by atoms with E-state index in [1.165, 1.54) is 13.3 Å². The molecule has 0 spiro atoms. The summed E-state index contributed by atoms with van der Waals surface area (Å²) in [4.78, 5) is 39.9. The van der Waals surface area contributed by atoms with Crippen molar-refractivity contribution in [2.45, 2.75) is 45.1 Å². The molecule has 0 bridgehead atoms. The van der Waals surface area contributed by atoms with Crippen LogP contribution in [0, 0.1) is 11.8 Å². The van der Waals surface area contributed by atoms with E-state index in [0.29, 0.717) is 41.9 Å². The molecule has 1 aliphatic heterocycles. The lowest BCUT2D eigenvalue weighted by atomic mass is 9.81. The van der Waals surface area contributed by atoms with Gasteiger partial charge in [0.1, 0.15) is 0 Å². The van der Waals surface area contributed by atoms with E-state index in [4.69, 9.17) is 5.73 Å². The van der Waals surface area contributed by atoms with Crippen LogP contribution in [-0.4, -0.2) is 30.8 Å². The normalized spacial score (nSPS) is 22.7. The monoisotopic (exact) mass is 448 g/mol. The van der Waals surface area contributed by atoms with Gasteiger partial charge in [0.25, 0.3) is 5.91 Å². The highest BCUT2D eigenvalue weighted by Gasteiger charge is 2.32. The summed E-state index contributed by atoms with van der Waals surface area (Å²) in [6, 6.07) is 14.2. The van der Waals surface area contributed by atoms with Gasteiger partial charge in [-0.3, -0.25) is 14.4 Å². The van der Waals surface area contributed by atoms with Crippen LogP contribution in [0.15, 0.2) is 48.5 Å². The Balaban J connectivity index is 1.55. The molecule has 1 saturated carbocycles. The highest BCUT2D eigenvalue weighted by atomic mass is 16.2. The average Bonchev–Trinajstić information content (AvgIpc) is 2.98. The van der Waals surface area contributed by atoms with Crippen molar-refractivity contribution >= 4 is 29.1 Å². The third-order valence-corrected chi connectivity index (χ3v) is 6.78. The summed E-state index contributed by atoms with van der Waals surface area (Å²) in [5, 5.41) is 5.94. The van der Waals surface area contributed by atoms with Gasteiger partial charge in [-0.15, -0.1) is 0 Å². The number of benzene rings is 2. The van der Waals surface area contributed by atoms with Gasteiger partial charge >= 0.3 is 0 Å². The SMILES string of the molecule is CC(=O)N1c2ccc(C(=O)NCC3CCCC(CN)C3)cc2NC(=O)CC1c1ccccc1. The van der Waals surface area contributed by atoms with Crippen LogP contribution in [0.1, 0.15) is 61.0 Å². The van der Waals surface area contributed by atoms with Crippen molar-refractivity contribution in [2.75, 3.05) is 23.3 Å². The number of nitrogens with zero attached hydrogens (tertiary/aromatic N) is 1. The van der Waals surface area contributed by atoms with Gasteiger partial charge in [-0.1, -0.05) is 36.8 Å². The average molecular weight is 449 g/mol. The lowest BCUT2D eigenvalue weighted by Gasteiger charge is -2.30. The molecule has 1 aliphatic carbocycles. The number of hydrogen-bond donors (Lipinski definition) is 3. The molecule has 1 fully saturated rings. The van der Waals surface area contributed by atoms with Crippen molar-refractivity contribution in [3.8, 4) is 0 Å². The molecule has 0 radical (unpaired) electrons. The number of hydrogen-bond acceptors (Lipinski definition) is 4. The van der Waals surface area contributed by atoms with Gasteiger partial charge in [0, 0.05) is 19.0 Å². The zero-order valence-corrected chi connectivity index (χ0v) is 19.0. The summed E-state index contributed by atoms with van der Waals surface area (Å²) >= 11 is 0. The molecule has 4 N–H and O–H groups in total. The van der Waals surface area contributed by atoms with Crippen molar-refractivity contribution in [2.24, 2.45) is 17.6 Å². The van der Waals surface area contributed by atoms with E-state index < -0.39 is 6.04 Å². The maximum absolute atomic E-state index is 12.9. The first-order valence-electron chi connectivity index (χ1n) is 11.7. The standard InChI is InChI=1S/C26H32N4O3/c1-17(31)30-23-11-10-21(26(33)28-16-19-7-5-6-18(12-19)15-27)13-22(23)29-25(32)14-24(30)20-8-3-2-4-9-20/h2-4,8-11,13,18-19,24H,5-7,12,14-16,27H2,1H3,(H,28,33)(H,29,32). The largest absolute Gasteiger partial charge is 0.352 e. The summed E-state index contributed by atoms with van der Waals surface area (Å²) in [7, 11) is 0. The highest BCUT2D eigenvalue weighted by molar-refractivity contribution is 6.06. The summed E-state index contributed by atoms with van der Waals surface area (Å²) in [5.74, 6) is 0.447. The molecule has 3 amide bonds. The molecule has 1 heterocycles. The number of nitrogens with two attached hydrogens (primary N) is 1. The van der Waals surface area contributed by atoms with Gasteiger partial charge in [-0.2, -0.15) is 0 Å². The number of rotatable bonds is 5. The zero-order valence-electron chi connectivity index (χ0n) is 19.0. The quantitative estimate of drug-likeness (QED) is 0.650. The Morgan fingerprint density at radius 2 is 1.88 bits per heavy atom. The first kappa shape index (κ1) is 23.0. The van der Waals surface area contributed by atoms with Gasteiger partial charge in [0.2, 0.25) is 11.8 Å². The first-order chi connectivity index (χ1) is 16.0. The Kier molecular flexibility index (Phi) is 7.08. The molecule has 7 heteroatoms. The third kappa shape index (κ3) is 5.25. The Bertz CT molecular complexity index is 1020. The molecular formula is C26H32N4O3. The minimum atomic E-state index is -0.411. The van der Waals surface area contributed by atoms with Crippen molar-refractivity contribution in [1.29, 1.82) is 0 Å². The smallest absolute Gasteiger partial charge is 0.251 e.